The van der Waals surface area contributed by atoms with E-state index in [4.69, 9.17) is 4.99 Å². The molecule has 1 N–H and O–H groups in total. The summed E-state index contributed by atoms with van der Waals surface area (Å²) in [5.74, 6) is 0.878. The van der Waals surface area contributed by atoms with Crippen LogP contribution < -0.4 is 4.90 Å². The van der Waals surface area contributed by atoms with Crippen LogP contribution in [-0.2, 0) is 0 Å². The number of benzene rings is 1. The molecule has 0 spiro atoms. The van der Waals surface area contributed by atoms with Gasteiger partial charge in [0, 0.05) is 31.1 Å². The Labute approximate surface area is 150 Å². The number of hydrogen-bond acceptors (Lipinski definition) is 5. The molecule has 7 heteroatoms. The predicted octanol–water partition coefficient (Wildman–Crippen LogP) is 3.51. The van der Waals surface area contributed by atoms with Gasteiger partial charge in [0.25, 0.3) is 0 Å². The van der Waals surface area contributed by atoms with Crippen molar-refractivity contribution in [2.75, 3.05) is 38.1 Å². The number of aryl methyl sites for hydroxylation is 1. The number of para-hydroxylation sites is 2. The number of carboxylic acid groups (broad SMARTS) is 1. The topological polar surface area (TPSA) is 59.4 Å². The third kappa shape index (κ3) is 2.79. The minimum absolute atomic E-state index is 0.613. The van der Waals surface area contributed by atoms with E-state index in [9.17, 15) is 9.90 Å². The van der Waals surface area contributed by atoms with Crippen LogP contribution in [0.1, 0.15) is 10.4 Å². The van der Waals surface area contributed by atoms with Crippen LogP contribution in [0.2, 0.25) is 0 Å². The smallest absolute Gasteiger partial charge is 0.417 e. The molecule has 25 heavy (non-hydrogen) atoms. The van der Waals surface area contributed by atoms with Gasteiger partial charge in [0.1, 0.15) is 10.8 Å². The average Bonchev–Trinajstić information content (AvgIpc) is 2.89. The zero-order valence-electron chi connectivity index (χ0n) is 14.3. The standard InChI is InChI=1S/C18H20N4O2S/c1-12-11-13-16(21-9-7-20(2)8-10-21)19-14-5-3-4-6-15(14)22(18(23)24)17(13)25-12/h3-6,11H,7-10H2,1-2H3,(H,23,24). The van der Waals surface area contributed by atoms with E-state index in [2.05, 4.69) is 22.9 Å². The Bertz CT molecular complexity index is 853. The second kappa shape index (κ2) is 6.16. The summed E-state index contributed by atoms with van der Waals surface area (Å²) >= 11 is 1.50. The van der Waals surface area contributed by atoms with Gasteiger partial charge in [-0.2, -0.15) is 0 Å². The van der Waals surface area contributed by atoms with E-state index in [0.29, 0.717) is 11.4 Å². The minimum Gasteiger partial charge on any atom is -0.464 e. The van der Waals surface area contributed by atoms with Crippen molar-refractivity contribution in [3.05, 3.63) is 40.8 Å². The van der Waals surface area contributed by atoms with Crippen LogP contribution in [0.4, 0.5) is 21.2 Å². The van der Waals surface area contributed by atoms with E-state index in [-0.39, 0.29) is 0 Å². The second-order valence-electron chi connectivity index (χ2n) is 6.41. The summed E-state index contributed by atoms with van der Waals surface area (Å²) in [5.41, 5.74) is 2.22. The van der Waals surface area contributed by atoms with Crippen LogP contribution in [-0.4, -0.2) is 60.1 Å². The quantitative estimate of drug-likeness (QED) is 0.785. The van der Waals surface area contributed by atoms with Gasteiger partial charge in [-0.3, -0.25) is 0 Å². The number of carbonyl (C=O) groups is 1. The van der Waals surface area contributed by atoms with Gasteiger partial charge in [-0.05, 0) is 32.2 Å². The number of fused-ring (bicyclic) bond motifs is 2. The summed E-state index contributed by atoms with van der Waals surface area (Å²) in [4.78, 5) is 23.9. The Morgan fingerprint density at radius 1 is 1.20 bits per heavy atom. The number of rotatable bonds is 0. The number of nitrogens with zero attached hydrogens (tertiary/aromatic N) is 4. The molecule has 0 bridgehead atoms. The zero-order valence-corrected chi connectivity index (χ0v) is 15.1. The van der Waals surface area contributed by atoms with Crippen molar-refractivity contribution in [1.29, 1.82) is 0 Å². The normalized spacial score (nSPS) is 17.6. The van der Waals surface area contributed by atoms with Crippen LogP contribution in [0, 0.1) is 6.92 Å². The molecular weight excluding hydrogens is 336 g/mol. The number of amides is 1. The van der Waals surface area contributed by atoms with E-state index >= 15 is 0 Å². The first-order chi connectivity index (χ1) is 12.0. The number of amidine groups is 1. The Balaban J connectivity index is 1.90. The number of piperazine rings is 1. The molecule has 1 amide bonds. The van der Waals surface area contributed by atoms with Gasteiger partial charge < -0.3 is 14.9 Å². The molecule has 6 nitrogen and oxygen atoms in total. The maximum absolute atomic E-state index is 12.0. The molecule has 4 rings (SSSR count). The van der Waals surface area contributed by atoms with Crippen molar-refractivity contribution in [3.63, 3.8) is 0 Å². The third-order valence-electron chi connectivity index (χ3n) is 4.62. The fourth-order valence-corrected chi connectivity index (χ4v) is 4.32. The lowest BCUT2D eigenvalue weighted by Crippen LogP contribution is -2.47. The van der Waals surface area contributed by atoms with Crippen molar-refractivity contribution in [2.24, 2.45) is 4.99 Å². The minimum atomic E-state index is -0.981. The Morgan fingerprint density at radius 3 is 2.64 bits per heavy atom. The molecule has 2 aromatic rings. The molecule has 1 aromatic heterocycles. The molecule has 3 heterocycles. The van der Waals surface area contributed by atoms with Crippen LogP contribution in [0.15, 0.2) is 35.3 Å². The lowest BCUT2D eigenvalue weighted by atomic mass is 10.2. The summed E-state index contributed by atoms with van der Waals surface area (Å²) in [7, 11) is 2.12. The van der Waals surface area contributed by atoms with Crippen molar-refractivity contribution in [2.45, 2.75) is 6.92 Å². The van der Waals surface area contributed by atoms with E-state index in [0.717, 1.165) is 47.5 Å². The highest BCUT2D eigenvalue weighted by molar-refractivity contribution is 7.16. The lowest BCUT2D eigenvalue weighted by molar-refractivity contribution is 0.205. The second-order valence-corrected chi connectivity index (χ2v) is 7.64. The number of aliphatic imine (C=N–C) groups is 1. The van der Waals surface area contributed by atoms with Gasteiger partial charge in [-0.15, -0.1) is 11.3 Å². The lowest BCUT2D eigenvalue weighted by Gasteiger charge is -2.34. The first-order valence-corrected chi connectivity index (χ1v) is 9.11. The summed E-state index contributed by atoms with van der Waals surface area (Å²) in [6, 6.07) is 9.50. The van der Waals surface area contributed by atoms with Gasteiger partial charge in [-0.25, -0.2) is 14.7 Å². The van der Waals surface area contributed by atoms with Gasteiger partial charge in [-0.1, -0.05) is 12.1 Å². The molecular formula is C18H20N4O2S. The molecule has 2 aliphatic rings. The van der Waals surface area contributed by atoms with Crippen molar-refractivity contribution in [3.8, 4) is 0 Å². The number of hydrogen-bond donors (Lipinski definition) is 1. The molecule has 0 radical (unpaired) electrons. The Hall–Kier alpha value is -2.38. The first kappa shape index (κ1) is 16.1. The number of likely N-dealkylation sites (N-methyl/N-ethyl adjacent to an activating group) is 1. The Morgan fingerprint density at radius 2 is 1.92 bits per heavy atom. The van der Waals surface area contributed by atoms with Crippen LogP contribution in [0.25, 0.3) is 0 Å². The molecule has 0 atom stereocenters. The molecule has 1 saturated heterocycles. The molecule has 1 fully saturated rings. The summed E-state index contributed by atoms with van der Waals surface area (Å²) in [6.07, 6.45) is -0.981. The molecule has 0 aliphatic carbocycles. The Kier molecular flexibility index (Phi) is 3.97. The van der Waals surface area contributed by atoms with E-state index in [1.165, 1.54) is 16.2 Å². The largest absolute Gasteiger partial charge is 0.464 e. The van der Waals surface area contributed by atoms with Crippen LogP contribution in [0.5, 0.6) is 0 Å². The van der Waals surface area contributed by atoms with Crippen molar-refractivity contribution < 1.29 is 9.90 Å². The fourth-order valence-electron chi connectivity index (χ4n) is 3.31. The van der Waals surface area contributed by atoms with E-state index in [1.807, 2.05) is 31.2 Å². The third-order valence-corrected chi connectivity index (χ3v) is 5.66. The summed E-state index contributed by atoms with van der Waals surface area (Å²) < 4.78 is 0. The highest BCUT2D eigenvalue weighted by atomic mass is 32.1. The molecule has 2 aliphatic heterocycles. The van der Waals surface area contributed by atoms with Crippen LogP contribution in [0.3, 0.4) is 0 Å². The van der Waals surface area contributed by atoms with E-state index in [1.54, 1.807) is 0 Å². The maximum atomic E-state index is 12.0. The van der Waals surface area contributed by atoms with Crippen molar-refractivity contribution >= 4 is 39.6 Å². The molecule has 1 aromatic carbocycles. The monoisotopic (exact) mass is 356 g/mol. The molecule has 130 valence electrons. The summed E-state index contributed by atoms with van der Waals surface area (Å²) in [5, 5.41) is 10.6. The number of thiophene rings is 1. The highest BCUT2D eigenvalue weighted by Gasteiger charge is 2.32. The fraction of sp³-hybridized carbons (Fsp3) is 0.333. The molecule has 0 saturated carbocycles. The predicted molar refractivity (Wildman–Crippen MR) is 101 cm³/mol. The van der Waals surface area contributed by atoms with Gasteiger partial charge in [0.15, 0.2) is 0 Å². The van der Waals surface area contributed by atoms with Gasteiger partial charge in [0.05, 0.1) is 16.9 Å². The highest BCUT2D eigenvalue weighted by Crippen LogP contribution is 2.44. The SMILES string of the molecule is Cc1cc2c(s1)N(C(=O)O)c1ccccc1N=C2N1CCN(C)CC1. The maximum Gasteiger partial charge on any atom is 0.417 e. The van der Waals surface area contributed by atoms with Crippen LogP contribution >= 0.6 is 11.3 Å². The van der Waals surface area contributed by atoms with Gasteiger partial charge in [0.2, 0.25) is 0 Å². The first-order valence-electron chi connectivity index (χ1n) is 8.29. The summed E-state index contributed by atoms with van der Waals surface area (Å²) in [6.45, 7) is 5.73. The number of anilines is 2. The van der Waals surface area contributed by atoms with E-state index < -0.39 is 6.09 Å². The average molecular weight is 356 g/mol. The van der Waals surface area contributed by atoms with Gasteiger partial charge >= 0.3 is 6.09 Å². The molecule has 0 unspecified atom stereocenters. The zero-order chi connectivity index (χ0) is 17.6. The van der Waals surface area contributed by atoms with Crippen molar-refractivity contribution in [1.82, 2.24) is 9.80 Å².